The first-order chi connectivity index (χ1) is 16.6. The zero-order valence-corrected chi connectivity index (χ0v) is 22.3. The van der Waals surface area contributed by atoms with Crippen LogP contribution in [0.15, 0.2) is 54.8 Å². The highest BCUT2D eigenvalue weighted by Gasteiger charge is 2.24. The first kappa shape index (κ1) is 28.5. The van der Waals surface area contributed by atoms with Gasteiger partial charge in [-0.25, -0.2) is 0 Å². The number of hydrogen-bond donors (Lipinski definition) is 0. The number of carbonyl (C=O) groups excluding carboxylic acids is 1. The molecule has 0 aromatic heterocycles. The lowest BCUT2D eigenvalue weighted by atomic mass is 9.77. The molecule has 0 aliphatic carbocycles. The maximum atomic E-state index is 11.2. The van der Waals surface area contributed by atoms with Crippen LogP contribution in [0.3, 0.4) is 0 Å². The Balaban J connectivity index is 2.06. The number of methoxy groups -OCH3 is 1. The van der Waals surface area contributed by atoms with Crippen LogP contribution in [0.1, 0.15) is 44.4 Å². The van der Waals surface area contributed by atoms with Crippen molar-refractivity contribution in [3.05, 3.63) is 71.5 Å². The molecule has 0 saturated carbocycles. The molecule has 6 nitrogen and oxygen atoms in total. The molecular weight excluding hydrogens is 468 g/mol. The number of carbonyl (C=O) groups is 1. The first-order valence-electron chi connectivity index (χ1n) is 11.6. The van der Waals surface area contributed by atoms with E-state index in [1.54, 1.807) is 14.0 Å². The van der Waals surface area contributed by atoms with Crippen molar-refractivity contribution in [2.24, 2.45) is 0 Å². The van der Waals surface area contributed by atoms with Crippen LogP contribution in [0.5, 0.6) is 11.5 Å². The van der Waals surface area contributed by atoms with Gasteiger partial charge in [0, 0.05) is 19.4 Å². The molecule has 0 spiro atoms. The number of hydrogen-bond acceptors (Lipinski definition) is 6. The summed E-state index contributed by atoms with van der Waals surface area (Å²) in [4.78, 5) is 11.2. The molecule has 2 atom stereocenters. The van der Waals surface area contributed by atoms with Gasteiger partial charge in [-0.05, 0) is 48.7 Å². The summed E-state index contributed by atoms with van der Waals surface area (Å²) in [5.41, 5.74) is 3.11. The third-order valence-electron chi connectivity index (χ3n) is 5.56. The molecule has 0 unspecified atom stereocenters. The summed E-state index contributed by atoms with van der Waals surface area (Å²) in [6.07, 6.45) is -0.700. The van der Waals surface area contributed by atoms with Crippen LogP contribution in [-0.2, 0) is 24.4 Å². The average Bonchev–Trinajstić information content (AvgIpc) is 2.80. The Morgan fingerprint density at radius 2 is 1.57 bits per heavy atom. The minimum Gasteiger partial charge on any atom is -0.491 e. The average molecular weight is 505 g/mol. The number of aryl methyl sites for hydroxylation is 1. The van der Waals surface area contributed by atoms with Gasteiger partial charge in [0.2, 0.25) is 0 Å². The molecule has 0 aliphatic heterocycles. The van der Waals surface area contributed by atoms with Crippen molar-refractivity contribution in [1.29, 1.82) is 0 Å². The number of benzene rings is 2. The Bertz CT molecular complexity index is 970. The van der Waals surface area contributed by atoms with Crippen molar-refractivity contribution in [3.8, 4) is 11.5 Å². The van der Waals surface area contributed by atoms with E-state index in [1.807, 2.05) is 37.3 Å². The van der Waals surface area contributed by atoms with Crippen LogP contribution < -0.4 is 9.47 Å². The lowest BCUT2D eigenvalue weighted by Gasteiger charge is -2.27. The molecule has 0 amide bonds. The summed E-state index contributed by atoms with van der Waals surface area (Å²) in [6.45, 7) is 14.2. The van der Waals surface area contributed by atoms with Crippen LogP contribution in [0.4, 0.5) is 0 Å². The minimum atomic E-state index is -0.454. The highest BCUT2D eigenvalue weighted by atomic mass is 35.5. The van der Waals surface area contributed by atoms with E-state index in [1.165, 1.54) is 6.92 Å². The number of ether oxygens (including phenoxy) is 5. The van der Waals surface area contributed by atoms with Gasteiger partial charge < -0.3 is 23.7 Å². The van der Waals surface area contributed by atoms with Gasteiger partial charge in [-0.3, -0.25) is 4.79 Å². The Labute approximate surface area is 214 Å². The zero-order chi connectivity index (χ0) is 26.0. The van der Waals surface area contributed by atoms with Gasteiger partial charge in [-0.15, -0.1) is 11.6 Å². The molecule has 2 aromatic rings. The molecule has 0 fully saturated rings. The summed E-state index contributed by atoms with van der Waals surface area (Å²) in [6, 6.07) is 14.2. The second-order valence-electron chi connectivity index (χ2n) is 9.03. The summed E-state index contributed by atoms with van der Waals surface area (Å²) >= 11 is 5.97. The molecule has 2 aromatic carbocycles. The molecule has 0 N–H and O–H groups in total. The third-order valence-corrected chi connectivity index (χ3v) is 5.90. The lowest BCUT2D eigenvalue weighted by Crippen LogP contribution is -2.28. The number of allylic oxidation sites excluding steroid dienone is 1. The molecule has 0 radical (unpaired) electrons. The van der Waals surface area contributed by atoms with Crippen LogP contribution in [0.2, 0.25) is 0 Å². The van der Waals surface area contributed by atoms with Gasteiger partial charge in [0.15, 0.2) is 6.10 Å². The van der Waals surface area contributed by atoms with Crippen molar-refractivity contribution in [3.63, 3.8) is 0 Å². The zero-order valence-electron chi connectivity index (χ0n) is 21.6. The lowest BCUT2D eigenvalue weighted by molar-refractivity contribution is -0.150. The Hall–Kier alpha value is -2.70. The van der Waals surface area contributed by atoms with Crippen molar-refractivity contribution in [2.75, 3.05) is 32.8 Å². The molecular formula is C28H37ClO6. The Morgan fingerprint density at radius 3 is 2.11 bits per heavy atom. The van der Waals surface area contributed by atoms with Crippen LogP contribution in [0, 0.1) is 6.92 Å². The fourth-order valence-corrected chi connectivity index (χ4v) is 3.79. The molecule has 2 rings (SSSR count). The van der Waals surface area contributed by atoms with Gasteiger partial charge in [0.05, 0.1) is 18.2 Å². The molecule has 7 heteroatoms. The van der Waals surface area contributed by atoms with Gasteiger partial charge in [0.25, 0.3) is 0 Å². The van der Waals surface area contributed by atoms with E-state index in [4.69, 9.17) is 35.3 Å². The monoisotopic (exact) mass is 504 g/mol. The van der Waals surface area contributed by atoms with Gasteiger partial charge in [-0.2, -0.15) is 0 Å². The number of alkyl halides is 1. The number of halogens is 1. The smallest absolute Gasteiger partial charge is 0.303 e. The SMILES string of the molecule is C=C(C)O[C@@H](CCl)COc1ccc(C(C)(C)c2ccc(OC[C@H](COC)OC(C)=O)cc2)cc1C. The number of esters is 1. The molecule has 0 aliphatic rings. The largest absolute Gasteiger partial charge is 0.491 e. The van der Waals surface area contributed by atoms with Gasteiger partial charge >= 0.3 is 5.97 Å². The summed E-state index contributed by atoms with van der Waals surface area (Å²) in [5.74, 6) is 2.07. The van der Waals surface area contributed by atoms with Gasteiger partial charge in [-0.1, -0.05) is 44.7 Å². The van der Waals surface area contributed by atoms with Crippen molar-refractivity contribution in [1.82, 2.24) is 0 Å². The molecule has 192 valence electrons. The first-order valence-corrected chi connectivity index (χ1v) is 12.1. The van der Waals surface area contributed by atoms with E-state index >= 15 is 0 Å². The minimum absolute atomic E-state index is 0.221. The fraction of sp³-hybridized carbons (Fsp3) is 0.464. The second-order valence-corrected chi connectivity index (χ2v) is 9.34. The normalized spacial score (nSPS) is 13.0. The maximum Gasteiger partial charge on any atom is 0.303 e. The van der Waals surface area contributed by atoms with E-state index in [0.29, 0.717) is 24.0 Å². The standard InChI is InChI=1S/C28H37ClO6/c1-19(2)34-25(15-29)17-33-27-13-10-23(14-20(27)3)28(5,6)22-8-11-24(12-9-22)32-18-26(16-31-7)35-21(4)30/h8-14,25-26H,1,15-18H2,2-7H3/t25-,26-/m0/s1. The van der Waals surface area contributed by atoms with E-state index in [9.17, 15) is 4.79 Å². The van der Waals surface area contributed by atoms with E-state index in [2.05, 4.69) is 32.6 Å². The third kappa shape index (κ3) is 8.79. The topological polar surface area (TPSA) is 63.2 Å². The molecule has 35 heavy (non-hydrogen) atoms. The highest BCUT2D eigenvalue weighted by molar-refractivity contribution is 6.18. The Kier molecular flexibility index (Phi) is 10.9. The van der Waals surface area contributed by atoms with Crippen LogP contribution >= 0.6 is 11.6 Å². The summed E-state index contributed by atoms with van der Waals surface area (Å²) in [7, 11) is 1.56. The predicted molar refractivity (Wildman–Crippen MR) is 139 cm³/mol. The second kappa shape index (κ2) is 13.4. The maximum absolute atomic E-state index is 11.2. The van der Waals surface area contributed by atoms with E-state index < -0.39 is 6.10 Å². The van der Waals surface area contributed by atoms with Gasteiger partial charge in [0.1, 0.15) is 30.8 Å². The van der Waals surface area contributed by atoms with Crippen LogP contribution in [-0.4, -0.2) is 51.0 Å². The van der Waals surface area contributed by atoms with Crippen LogP contribution in [0.25, 0.3) is 0 Å². The highest BCUT2D eigenvalue weighted by Crippen LogP contribution is 2.34. The molecule has 0 heterocycles. The van der Waals surface area contributed by atoms with E-state index in [0.717, 1.165) is 22.4 Å². The number of rotatable bonds is 14. The molecule has 0 saturated heterocycles. The molecule has 0 bridgehead atoms. The van der Waals surface area contributed by atoms with Crippen molar-refractivity contribution >= 4 is 17.6 Å². The Morgan fingerprint density at radius 1 is 0.943 bits per heavy atom. The van der Waals surface area contributed by atoms with E-state index in [-0.39, 0.29) is 30.7 Å². The summed E-state index contributed by atoms with van der Waals surface area (Å²) in [5, 5.41) is 0. The van der Waals surface area contributed by atoms with Crippen molar-refractivity contribution < 1.29 is 28.5 Å². The summed E-state index contributed by atoms with van der Waals surface area (Å²) < 4.78 is 27.6. The predicted octanol–water partition coefficient (Wildman–Crippen LogP) is 5.81. The quantitative estimate of drug-likeness (QED) is 0.184. The fourth-order valence-electron chi connectivity index (χ4n) is 3.64. The van der Waals surface area contributed by atoms with Crippen molar-refractivity contribution in [2.45, 2.75) is 52.2 Å².